The molecule has 0 saturated carbocycles. The fourth-order valence-corrected chi connectivity index (χ4v) is 5.29. The molecule has 0 N–H and O–H groups in total. The van der Waals surface area contributed by atoms with Gasteiger partial charge in [-0.3, -0.25) is 14.4 Å². The van der Waals surface area contributed by atoms with E-state index < -0.39 is 0 Å². The van der Waals surface area contributed by atoms with Crippen molar-refractivity contribution in [3.8, 4) is 0 Å². The molecule has 3 rings (SSSR count). The van der Waals surface area contributed by atoms with Crippen LogP contribution in [0.25, 0.3) is 0 Å². The minimum Gasteiger partial charge on any atom is -0.336 e. The number of hydrogen-bond donors (Lipinski definition) is 0. The molecular formula is C16H23N5OS3. The van der Waals surface area contributed by atoms with Crippen molar-refractivity contribution in [3.05, 3.63) is 23.0 Å². The highest BCUT2D eigenvalue weighted by atomic mass is 32.2. The molecule has 136 valence electrons. The molecule has 0 atom stereocenters. The van der Waals surface area contributed by atoms with Crippen molar-refractivity contribution in [1.82, 2.24) is 24.0 Å². The van der Waals surface area contributed by atoms with Gasteiger partial charge in [-0.2, -0.15) is 9.47 Å². The SMILES string of the molecule is CSc1nsc(SC)c1C(=O)N1CCN(Cc2cn(C)nc2C)CC1. The highest BCUT2D eigenvalue weighted by Gasteiger charge is 2.28. The lowest BCUT2D eigenvalue weighted by atomic mass is 10.2. The van der Waals surface area contributed by atoms with Gasteiger partial charge in [0.2, 0.25) is 0 Å². The number of hydrogen-bond acceptors (Lipinski definition) is 7. The van der Waals surface area contributed by atoms with Gasteiger partial charge in [-0.1, -0.05) is 0 Å². The Morgan fingerprint density at radius 2 is 1.96 bits per heavy atom. The molecule has 3 heterocycles. The first kappa shape index (κ1) is 18.8. The number of carbonyl (C=O) groups is 1. The maximum absolute atomic E-state index is 13.0. The van der Waals surface area contributed by atoms with E-state index in [1.54, 1.807) is 23.5 Å². The molecule has 25 heavy (non-hydrogen) atoms. The number of aryl methyl sites for hydroxylation is 2. The van der Waals surface area contributed by atoms with Crippen molar-refractivity contribution in [2.45, 2.75) is 22.7 Å². The molecule has 0 spiro atoms. The standard InChI is InChI=1S/C16H23N5OS3/c1-11-12(9-19(2)17-11)10-20-5-7-21(8-6-20)15(22)13-14(23-3)18-25-16(13)24-4/h9H,5-8,10H2,1-4H3. The minimum absolute atomic E-state index is 0.125. The van der Waals surface area contributed by atoms with Gasteiger partial charge in [-0.15, -0.1) is 23.5 Å². The van der Waals surface area contributed by atoms with Crippen molar-refractivity contribution in [3.63, 3.8) is 0 Å². The van der Waals surface area contributed by atoms with Crippen molar-refractivity contribution >= 4 is 41.0 Å². The number of aromatic nitrogens is 3. The second-order valence-corrected chi connectivity index (χ2v) is 8.68. The lowest BCUT2D eigenvalue weighted by Gasteiger charge is -2.34. The fraction of sp³-hybridized carbons (Fsp3) is 0.562. The summed E-state index contributed by atoms with van der Waals surface area (Å²) in [6.45, 7) is 6.24. The Morgan fingerprint density at radius 1 is 1.24 bits per heavy atom. The average molecular weight is 398 g/mol. The molecule has 9 heteroatoms. The van der Waals surface area contributed by atoms with Gasteiger partial charge in [0.25, 0.3) is 5.91 Å². The molecule has 1 amide bonds. The van der Waals surface area contributed by atoms with Crippen molar-refractivity contribution in [2.24, 2.45) is 7.05 Å². The van der Waals surface area contributed by atoms with Gasteiger partial charge in [0.1, 0.15) is 5.03 Å². The molecule has 6 nitrogen and oxygen atoms in total. The Hall–Kier alpha value is -1.03. The summed E-state index contributed by atoms with van der Waals surface area (Å²) in [5, 5.41) is 5.26. The number of carbonyl (C=O) groups excluding carboxylic acids is 1. The van der Waals surface area contributed by atoms with Gasteiger partial charge in [0, 0.05) is 51.5 Å². The first-order valence-electron chi connectivity index (χ1n) is 8.12. The highest BCUT2D eigenvalue weighted by Crippen LogP contribution is 2.33. The Kier molecular flexibility index (Phi) is 6.08. The van der Waals surface area contributed by atoms with Crippen LogP contribution in [0.1, 0.15) is 21.6 Å². The van der Waals surface area contributed by atoms with Crippen LogP contribution in [0.2, 0.25) is 0 Å². The molecule has 0 aliphatic carbocycles. The van der Waals surface area contributed by atoms with Crippen LogP contribution >= 0.6 is 35.1 Å². The quantitative estimate of drug-likeness (QED) is 0.723. The lowest BCUT2D eigenvalue weighted by Crippen LogP contribution is -2.48. The average Bonchev–Trinajstić information content (AvgIpc) is 3.17. The Balaban J connectivity index is 1.63. The number of nitrogens with zero attached hydrogens (tertiary/aromatic N) is 5. The third-order valence-corrected chi connectivity index (χ3v) is 7.13. The van der Waals surface area contributed by atoms with Gasteiger partial charge >= 0.3 is 0 Å². The van der Waals surface area contributed by atoms with Gasteiger partial charge in [0.15, 0.2) is 0 Å². The Bertz CT molecular complexity index is 728. The summed E-state index contributed by atoms with van der Waals surface area (Å²) in [6, 6.07) is 0. The molecule has 0 unspecified atom stereocenters. The van der Waals surface area contributed by atoms with Crippen LogP contribution in [0.15, 0.2) is 15.4 Å². The van der Waals surface area contributed by atoms with Crippen molar-refractivity contribution in [1.29, 1.82) is 0 Å². The zero-order chi connectivity index (χ0) is 18.0. The van der Waals surface area contributed by atoms with E-state index in [1.807, 2.05) is 36.1 Å². The van der Waals surface area contributed by atoms with E-state index in [1.165, 1.54) is 17.1 Å². The molecule has 2 aromatic rings. The van der Waals surface area contributed by atoms with Crippen molar-refractivity contribution in [2.75, 3.05) is 38.7 Å². The number of piperazine rings is 1. The topological polar surface area (TPSA) is 54.3 Å². The third kappa shape index (κ3) is 4.05. The summed E-state index contributed by atoms with van der Waals surface area (Å²) in [6.07, 6.45) is 6.06. The fourth-order valence-electron chi connectivity index (χ4n) is 3.03. The van der Waals surface area contributed by atoms with Crippen LogP contribution in [0.4, 0.5) is 0 Å². The normalized spacial score (nSPS) is 15.8. The molecule has 1 aliphatic rings. The smallest absolute Gasteiger partial charge is 0.258 e. The maximum Gasteiger partial charge on any atom is 0.258 e. The van der Waals surface area contributed by atoms with Crippen LogP contribution in [-0.4, -0.2) is 68.6 Å². The molecular weight excluding hydrogens is 374 g/mol. The van der Waals surface area contributed by atoms with E-state index in [4.69, 9.17) is 0 Å². The summed E-state index contributed by atoms with van der Waals surface area (Å²) >= 11 is 4.58. The molecule has 1 fully saturated rings. The summed E-state index contributed by atoms with van der Waals surface area (Å²) < 4.78 is 7.30. The Morgan fingerprint density at radius 3 is 2.52 bits per heavy atom. The van der Waals surface area contributed by atoms with Crippen molar-refractivity contribution < 1.29 is 4.79 Å². The predicted octanol–water partition coefficient (Wildman–Crippen LogP) is 2.59. The highest BCUT2D eigenvalue weighted by molar-refractivity contribution is 8.01. The van der Waals surface area contributed by atoms with Gasteiger partial charge in [-0.25, -0.2) is 0 Å². The molecule has 2 aromatic heterocycles. The van der Waals surface area contributed by atoms with E-state index in [0.717, 1.165) is 53.2 Å². The first-order valence-corrected chi connectivity index (χ1v) is 11.3. The molecule has 0 aromatic carbocycles. The van der Waals surface area contributed by atoms with Crippen LogP contribution in [0.3, 0.4) is 0 Å². The third-order valence-electron chi connectivity index (χ3n) is 4.39. The summed E-state index contributed by atoms with van der Waals surface area (Å²) in [5.74, 6) is 0.125. The van der Waals surface area contributed by atoms with Crippen LogP contribution in [-0.2, 0) is 13.6 Å². The lowest BCUT2D eigenvalue weighted by molar-refractivity contribution is 0.0622. The Labute approximate surface area is 161 Å². The monoisotopic (exact) mass is 397 g/mol. The van der Waals surface area contributed by atoms with E-state index in [2.05, 4.69) is 20.6 Å². The first-order chi connectivity index (χ1) is 12.0. The zero-order valence-corrected chi connectivity index (χ0v) is 17.4. The zero-order valence-electron chi connectivity index (χ0n) is 15.0. The van der Waals surface area contributed by atoms with E-state index >= 15 is 0 Å². The second kappa shape index (κ2) is 8.11. The predicted molar refractivity (Wildman–Crippen MR) is 105 cm³/mol. The number of amides is 1. The van der Waals surface area contributed by atoms with E-state index in [9.17, 15) is 4.79 Å². The van der Waals surface area contributed by atoms with E-state index in [-0.39, 0.29) is 5.91 Å². The molecule has 0 radical (unpaired) electrons. The summed E-state index contributed by atoms with van der Waals surface area (Å²) in [5.41, 5.74) is 3.14. The molecule has 1 aliphatic heterocycles. The van der Waals surface area contributed by atoms with Gasteiger partial charge < -0.3 is 4.90 Å². The molecule has 0 bridgehead atoms. The van der Waals surface area contributed by atoms with Gasteiger partial charge in [0.05, 0.1) is 15.5 Å². The van der Waals surface area contributed by atoms with Gasteiger partial charge in [-0.05, 0) is 31.0 Å². The van der Waals surface area contributed by atoms with Crippen LogP contribution < -0.4 is 0 Å². The maximum atomic E-state index is 13.0. The number of rotatable bonds is 5. The summed E-state index contributed by atoms with van der Waals surface area (Å²) in [4.78, 5) is 17.3. The largest absolute Gasteiger partial charge is 0.336 e. The summed E-state index contributed by atoms with van der Waals surface area (Å²) in [7, 11) is 1.95. The second-order valence-electron chi connectivity index (χ2n) is 6.04. The van der Waals surface area contributed by atoms with Crippen LogP contribution in [0, 0.1) is 6.92 Å². The minimum atomic E-state index is 0.125. The number of thioether (sulfide) groups is 2. The molecule has 1 saturated heterocycles. The van der Waals surface area contributed by atoms with E-state index in [0.29, 0.717) is 0 Å². The van der Waals surface area contributed by atoms with Crippen LogP contribution in [0.5, 0.6) is 0 Å².